The Kier molecular flexibility index (Phi) is 25.5. The van der Waals surface area contributed by atoms with Gasteiger partial charge in [0, 0.05) is 37.6 Å². The summed E-state index contributed by atoms with van der Waals surface area (Å²) < 4.78 is 27.7. The number of aliphatic hydroxyl groups excluding tert-OH is 1. The Morgan fingerprint density at radius 1 is 0.527 bits per heavy atom. The van der Waals surface area contributed by atoms with E-state index in [9.17, 15) is 39.1 Å². The molecular weight excluding hydrogens is 1160 g/mol. The number of phenols is 1. The molecule has 0 bridgehead atoms. The molecule has 0 radical (unpaired) electrons. The summed E-state index contributed by atoms with van der Waals surface area (Å²) in [5.41, 5.74) is 6.16. The van der Waals surface area contributed by atoms with E-state index in [1.807, 2.05) is 42.5 Å². The zero-order chi connectivity index (χ0) is 66.8. The molecule has 0 aromatic heterocycles. The van der Waals surface area contributed by atoms with Gasteiger partial charge in [0.15, 0.2) is 0 Å². The zero-order valence-electron chi connectivity index (χ0n) is 55.7. The number of benzene rings is 4. The molecular formula is C72H96N6O13. The van der Waals surface area contributed by atoms with Gasteiger partial charge in [0.1, 0.15) is 53.6 Å². The lowest BCUT2D eigenvalue weighted by Crippen LogP contribution is -2.45. The number of hydrogen-bond donors (Lipinski definition) is 2. The molecule has 0 saturated heterocycles. The molecule has 2 saturated carbocycles. The highest BCUT2D eigenvalue weighted by Gasteiger charge is 2.33. The first kappa shape index (κ1) is 71.9. The first-order chi connectivity index (χ1) is 42.8. The van der Waals surface area contributed by atoms with Crippen molar-refractivity contribution in [3.05, 3.63) is 117 Å². The predicted octanol–water partition coefficient (Wildman–Crippen LogP) is 13.4. The molecule has 2 aliphatic carbocycles. The molecule has 4 aromatic carbocycles. The Morgan fingerprint density at radius 3 is 1.35 bits per heavy atom. The number of aliphatic hydroxyl groups is 1. The lowest BCUT2D eigenvalue weighted by atomic mass is 9.82. The SMILES string of the molecule is CC(C)(C)OC(=O)CCN(CC(=O)N1CCc2cc(O)ccc21)C(=O)OC(C)(C)C.CC(C)(C)OC(=O)CCN(CC(=O)N1CCc2cc(OCc3ccc(C4CCCCC4)c(C#N)c3)ccc21)C(=O)OC(C)(C)C.N#Cc1cc(CO)ccc1C1CCCCC1. The van der Waals surface area contributed by atoms with Gasteiger partial charge >= 0.3 is 24.1 Å². The van der Waals surface area contributed by atoms with Gasteiger partial charge in [-0.3, -0.25) is 29.0 Å². The first-order valence-electron chi connectivity index (χ1n) is 32.1. The standard InChI is InChI=1S/C36H47N3O6.C22H32N2O6.C14H17NO/c1-35(2,3)44-33(41)17-18-38(34(42)45-36(4,5)6)23-32(40)39-19-16-27-21-29(13-15-31(27)39)43-24-25-12-14-30(28(20-25)22-37)26-10-8-7-9-11-26;1-21(2,3)29-19(27)10-11-23(20(28)30-22(4,5)6)14-18(26)24-12-9-15-13-16(25)7-8-17(15)24;15-9-13-8-11(10-16)6-7-14(13)12-4-2-1-3-5-12/h12-15,20-21,26H,7-11,16-19,23-24H2,1-6H3;7-8,13,25H,9-12,14H2,1-6H3;6-8,12,16H,1-5,10H2. The lowest BCUT2D eigenvalue weighted by molar-refractivity contribution is -0.156. The van der Waals surface area contributed by atoms with Crippen molar-refractivity contribution in [1.82, 2.24) is 9.80 Å². The first-order valence-corrected chi connectivity index (χ1v) is 32.1. The molecule has 19 heteroatoms. The molecule has 4 aromatic rings. The van der Waals surface area contributed by atoms with Crippen LogP contribution in [0.2, 0.25) is 0 Å². The molecule has 0 unspecified atom stereocenters. The van der Waals surface area contributed by atoms with E-state index in [-0.39, 0.29) is 63.2 Å². The minimum absolute atomic E-state index is 0.00179. The second kappa shape index (κ2) is 32.2. The molecule has 0 atom stereocenters. The fourth-order valence-electron chi connectivity index (χ4n) is 11.5. The van der Waals surface area contributed by atoms with Crippen molar-refractivity contribution >= 4 is 47.3 Å². The monoisotopic (exact) mass is 1250 g/mol. The third-order valence-electron chi connectivity index (χ3n) is 15.6. The van der Waals surface area contributed by atoms with Crippen LogP contribution in [0.1, 0.15) is 216 Å². The van der Waals surface area contributed by atoms with Gasteiger partial charge < -0.3 is 43.7 Å². The maximum Gasteiger partial charge on any atom is 0.410 e. The van der Waals surface area contributed by atoms with Gasteiger partial charge in [-0.05, 0) is 215 Å². The number of nitrogens with zero attached hydrogens (tertiary/aromatic N) is 6. The van der Waals surface area contributed by atoms with Crippen molar-refractivity contribution < 1.29 is 62.7 Å². The van der Waals surface area contributed by atoms with Crippen LogP contribution in [-0.2, 0) is 64.2 Å². The van der Waals surface area contributed by atoms with E-state index in [1.54, 1.807) is 105 Å². The number of amides is 4. The Balaban J connectivity index is 0.000000244. The van der Waals surface area contributed by atoms with Gasteiger partial charge in [0.25, 0.3) is 0 Å². The van der Waals surface area contributed by atoms with Gasteiger partial charge in [-0.15, -0.1) is 0 Å². The van der Waals surface area contributed by atoms with Crippen molar-refractivity contribution in [1.29, 1.82) is 10.5 Å². The van der Waals surface area contributed by atoms with E-state index >= 15 is 0 Å². The van der Waals surface area contributed by atoms with E-state index in [0.717, 1.165) is 57.5 Å². The number of fused-ring (bicyclic) bond motifs is 2. The maximum absolute atomic E-state index is 13.5. The summed E-state index contributed by atoms with van der Waals surface area (Å²) in [6.07, 6.45) is 12.1. The number of carbonyl (C=O) groups excluding carboxylic acids is 6. The molecule has 91 heavy (non-hydrogen) atoms. The van der Waals surface area contributed by atoms with E-state index < -0.39 is 46.5 Å². The molecule has 2 heterocycles. The molecule has 2 N–H and O–H groups in total. The van der Waals surface area contributed by atoms with E-state index in [1.165, 1.54) is 72.8 Å². The normalized spacial score (nSPS) is 15.0. The highest BCUT2D eigenvalue weighted by atomic mass is 16.6. The number of anilines is 2. The Bertz CT molecular complexity index is 3270. The Hall–Kier alpha value is -8.16. The van der Waals surface area contributed by atoms with Crippen LogP contribution in [0, 0.1) is 22.7 Å². The quantitative estimate of drug-likeness (QED) is 0.0782. The number of ether oxygens (including phenoxy) is 5. The van der Waals surface area contributed by atoms with Gasteiger partial charge in [-0.2, -0.15) is 10.5 Å². The average molecular weight is 1250 g/mol. The lowest BCUT2D eigenvalue weighted by Gasteiger charge is -2.29. The summed E-state index contributed by atoms with van der Waals surface area (Å²) >= 11 is 0. The zero-order valence-corrected chi connectivity index (χ0v) is 55.7. The molecule has 2 aliphatic heterocycles. The summed E-state index contributed by atoms with van der Waals surface area (Å²) in [6, 6.07) is 27.0. The molecule has 8 rings (SSSR count). The van der Waals surface area contributed by atoms with Crippen molar-refractivity contribution in [3.63, 3.8) is 0 Å². The number of phenolic OH excluding ortho intramolecular Hbond substituents is 1. The fourth-order valence-corrected chi connectivity index (χ4v) is 11.5. The van der Waals surface area contributed by atoms with Crippen LogP contribution in [0.25, 0.3) is 0 Å². The molecule has 0 spiro atoms. The van der Waals surface area contributed by atoms with Crippen LogP contribution >= 0.6 is 0 Å². The van der Waals surface area contributed by atoms with Crippen LogP contribution in [-0.4, -0.2) is 118 Å². The molecule has 4 amide bonds. The van der Waals surface area contributed by atoms with Gasteiger partial charge in [0.2, 0.25) is 11.8 Å². The van der Waals surface area contributed by atoms with Crippen LogP contribution in [0.15, 0.2) is 72.8 Å². The second-order valence-corrected chi connectivity index (χ2v) is 27.9. The summed E-state index contributed by atoms with van der Waals surface area (Å²) in [5.74, 6) is 0.399. The summed E-state index contributed by atoms with van der Waals surface area (Å²) in [6.45, 7) is 21.9. The smallest absolute Gasteiger partial charge is 0.410 e. The van der Waals surface area contributed by atoms with Crippen LogP contribution in [0.3, 0.4) is 0 Å². The highest BCUT2D eigenvalue weighted by Crippen LogP contribution is 2.37. The van der Waals surface area contributed by atoms with E-state index in [4.69, 9.17) is 34.1 Å². The highest BCUT2D eigenvalue weighted by molar-refractivity contribution is 5.99. The third kappa shape index (κ3) is 22.9. The van der Waals surface area contributed by atoms with Crippen molar-refractivity contribution in [3.8, 4) is 23.6 Å². The van der Waals surface area contributed by atoms with Crippen molar-refractivity contribution in [2.45, 2.75) is 220 Å². The van der Waals surface area contributed by atoms with Crippen LogP contribution < -0.4 is 14.5 Å². The molecule has 19 nitrogen and oxygen atoms in total. The van der Waals surface area contributed by atoms with E-state index in [2.05, 4.69) is 24.3 Å². The fraction of sp³-hybridized carbons (Fsp3) is 0.556. The van der Waals surface area contributed by atoms with Gasteiger partial charge in [0.05, 0.1) is 42.7 Å². The largest absolute Gasteiger partial charge is 0.508 e. The average Bonchev–Trinajstić information content (AvgIpc) is 2.94. The predicted molar refractivity (Wildman–Crippen MR) is 347 cm³/mol. The number of hydrogen-bond acceptors (Lipinski definition) is 15. The van der Waals surface area contributed by atoms with Crippen LogP contribution in [0.4, 0.5) is 21.0 Å². The van der Waals surface area contributed by atoms with Crippen LogP contribution in [0.5, 0.6) is 11.5 Å². The Morgan fingerprint density at radius 2 is 0.934 bits per heavy atom. The van der Waals surface area contributed by atoms with Crippen molar-refractivity contribution in [2.24, 2.45) is 0 Å². The molecule has 4 aliphatic rings. The summed E-state index contributed by atoms with van der Waals surface area (Å²) in [7, 11) is 0. The molecule has 492 valence electrons. The second-order valence-electron chi connectivity index (χ2n) is 27.9. The summed E-state index contributed by atoms with van der Waals surface area (Å²) in [5, 5.41) is 37.6. The number of carbonyl (C=O) groups is 6. The molecule has 2 fully saturated rings. The summed E-state index contributed by atoms with van der Waals surface area (Å²) in [4.78, 5) is 82.2. The van der Waals surface area contributed by atoms with Gasteiger partial charge in [-0.25, -0.2) is 9.59 Å². The number of aromatic hydroxyl groups is 1. The number of rotatable bonds is 16. The number of nitriles is 2. The van der Waals surface area contributed by atoms with Crippen molar-refractivity contribution in [2.75, 3.05) is 49.1 Å². The Labute approximate surface area is 538 Å². The topological polar surface area (TPSA) is 250 Å². The maximum atomic E-state index is 13.5. The number of esters is 2. The minimum Gasteiger partial charge on any atom is -0.508 e. The van der Waals surface area contributed by atoms with Gasteiger partial charge in [-0.1, -0.05) is 62.8 Å². The minimum atomic E-state index is -0.755. The third-order valence-corrected chi connectivity index (χ3v) is 15.6. The van der Waals surface area contributed by atoms with E-state index in [0.29, 0.717) is 55.8 Å².